The lowest BCUT2D eigenvalue weighted by Crippen LogP contribution is -2.22. The molecule has 34 heavy (non-hydrogen) atoms. The first-order chi connectivity index (χ1) is 15.7. The molecule has 2 rings (SSSR count). The molecule has 0 saturated carbocycles. The van der Waals surface area contributed by atoms with E-state index in [9.17, 15) is 9.59 Å². The highest BCUT2D eigenvalue weighted by Gasteiger charge is 2.17. The summed E-state index contributed by atoms with van der Waals surface area (Å²) < 4.78 is 18.9. The van der Waals surface area contributed by atoms with Crippen molar-refractivity contribution >= 4 is 42.1 Å². The lowest BCUT2D eigenvalue weighted by Gasteiger charge is -2.18. The number of carbonyl (C=O) groups is 2. The van der Waals surface area contributed by atoms with E-state index in [1.807, 2.05) is 45.2 Å². The van der Waals surface area contributed by atoms with E-state index in [1.54, 1.807) is 10.6 Å². The number of aromatic nitrogens is 2. The van der Waals surface area contributed by atoms with Crippen LogP contribution >= 0.6 is 15.9 Å². The van der Waals surface area contributed by atoms with E-state index in [0.29, 0.717) is 18.1 Å². The zero-order valence-corrected chi connectivity index (χ0v) is 23.3. The summed E-state index contributed by atoms with van der Waals surface area (Å²) in [6.07, 6.45) is 4.05. The fourth-order valence-electron chi connectivity index (χ4n) is 2.89. The fraction of sp³-hybridized carbons (Fsp3) is 0.458. The first-order valence-electron chi connectivity index (χ1n) is 11.0. The number of hydrogen-bond donors (Lipinski definition) is 1. The maximum Gasteiger partial charge on any atom is 0.404 e. The van der Waals surface area contributed by atoms with Gasteiger partial charge in [-0.25, -0.2) is 14.6 Å². The average molecular weight is 553 g/mol. The lowest BCUT2D eigenvalue weighted by atomic mass is 10.0. The first-order valence-corrected chi connectivity index (χ1v) is 15.5. The molecule has 2 N–H and O–H groups in total. The summed E-state index contributed by atoms with van der Waals surface area (Å²) in [7, 11) is -1.22. The maximum atomic E-state index is 12.2. The van der Waals surface area contributed by atoms with Gasteiger partial charge in [0.1, 0.15) is 18.2 Å². The predicted molar refractivity (Wildman–Crippen MR) is 139 cm³/mol. The van der Waals surface area contributed by atoms with Crippen molar-refractivity contribution in [2.24, 2.45) is 5.73 Å². The number of esters is 1. The molecule has 0 saturated heterocycles. The number of nitrogens with two attached hydrogens (primary N) is 1. The normalized spacial score (nSPS) is 12.2. The largest absolute Gasteiger partial charge is 0.457 e. The monoisotopic (exact) mass is 551 g/mol. The van der Waals surface area contributed by atoms with Gasteiger partial charge in [0.05, 0.1) is 5.69 Å². The molecule has 1 aromatic carbocycles. The Balaban J connectivity index is 2.32. The van der Waals surface area contributed by atoms with Gasteiger partial charge in [-0.2, -0.15) is 0 Å². The smallest absolute Gasteiger partial charge is 0.404 e. The van der Waals surface area contributed by atoms with Crippen molar-refractivity contribution in [2.75, 3.05) is 6.61 Å². The second kappa shape index (κ2) is 11.8. The number of primary amides is 1. The summed E-state index contributed by atoms with van der Waals surface area (Å²) in [5, 5.41) is 0. The number of imidazole rings is 1. The molecule has 0 unspecified atom stereocenters. The van der Waals surface area contributed by atoms with E-state index < -0.39 is 25.7 Å². The van der Waals surface area contributed by atoms with E-state index in [2.05, 4.69) is 40.6 Å². The van der Waals surface area contributed by atoms with Gasteiger partial charge in [-0.3, -0.25) is 0 Å². The van der Waals surface area contributed by atoms with E-state index in [4.69, 9.17) is 19.9 Å². The Labute approximate surface area is 210 Å². The molecule has 0 aliphatic carbocycles. The van der Waals surface area contributed by atoms with Crippen LogP contribution in [0.25, 0.3) is 17.3 Å². The highest BCUT2D eigenvalue weighted by Crippen LogP contribution is 2.28. The minimum absolute atomic E-state index is 0.0771. The molecular formula is C24H34BrN3O5Si. The summed E-state index contributed by atoms with van der Waals surface area (Å²) in [6, 6.07) is 6.72. The van der Waals surface area contributed by atoms with Crippen LogP contribution in [0.4, 0.5) is 4.79 Å². The average Bonchev–Trinajstić information content (AvgIpc) is 3.09. The number of ether oxygens (including phenoxy) is 3. The van der Waals surface area contributed by atoms with Crippen LogP contribution in [0.3, 0.4) is 0 Å². The quantitative estimate of drug-likeness (QED) is 0.179. The maximum absolute atomic E-state index is 12.2. The topological polar surface area (TPSA) is 106 Å². The van der Waals surface area contributed by atoms with Crippen LogP contribution in [0.1, 0.15) is 32.2 Å². The van der Waals surface area contributed by atoms with Crippen LogP contribution in [0, 0.1) is 0 Å². The Hall–Kier alpha value is -2.43. The van der Waals surface area contributed by atoms with Gasteiger partial charge < -0.3 is 24.5 Å². The number of amides is 1. The second-order valence-electron chi connectivity index (χ2n) is 10.1. The van der Waals surface area contributed by atoms with Crippen LogP contribution in [-0.4, -0.2) is 41.9 Å². The summed E-state index contributed by atoms with van der Waals surface area (Å²) in [6.45, 7) is 13.2. The van der Waals surface area contributed by atoms with Gasteiger partial charge in [0.25, 0.3) is 0 Å². The molecule has 0 fully saturated rings. The Kier molecular flexibility index (Phi) is 9.66. The third-order valence-corrected chi connectivity index (χ3v) is 6.72. The molecule has 0 spiro atoms. The van der Waals surface area contributed by atoms with Crippen molar-refractivity contribution in [3.05, 3.63) is 46.3 Å². The third-order valence-electron chi connectivity index (χ3n) is 4.52. The number of carbonyl (C=O) groups excluding carboxylic acids is 2. The van der Waals surface area contributed by atoms with Gasteiger partial charge in [-0.15, -0.1) is 0 Å². The van der Waals surface area contributed by atoms with Gasteiger partial charge in [0.2, 0.25) is 0 Å². The van der Waals surface area contributed by atoms with Crippen molar-refractivity contribution < 1.29 is 23.8 Å². The molecule has 186 valence electrons. The standard InChI is InChI=1S/C24H34BrN3O5Si/c1-24(2,3)33-22(29)10-7-17-13-18(25)8-9-19(17)20-14-28(16-31-11-12-34(4,5)6)21(27-20)15-32-23(26)30/h7-10,13-14H,11-12,15-16H2,1-6H3,(H2,26,30)/b10-7+. The van der Waals surface area contributed by atoms with Gasteiger partial charge in [0.15, 0.2) is 6.61 Å². The SMILES string of the molecule is CC(C)(C)OC(=O)/C=C/c1cc(Br)ccc1-c1cn(COCC[Si](C)(C)C)c(COC(N)=O)n1. The van der Waals surface area contributed by atoms with Gasteiger partial charge in [-0.05, 0) is 50.6 Å². The van der Waals surface area contributed by atoms with Crippen LogP contribution in [0.15, 0.2) is 34.9 Å². The number of halogens is 1. The Bertz CT molecular complexity index is 1040. The molecule has 1 aromatic heterocycles. The first kappa shape index (κ1) is 27.8. The Morgan fingerprint density at radius 3 is 2.56 bits per heavy atom. The van der Waals surface area contributed by atoms with Gasteiger partial charge in [-0.1, -0.05) is 41.6 Å². The summed E-state index contributed by atoms with van der Waals surface area (Å²) >= 11 is 3.48. The number of nitrogens with zero attached hydrogens (tertiary/aromatic N) is 2. The highest BCUT2D eigenvalue weighted by atomic mass is 79.9. The number of benzene rings is 1. The van der Waals surface area contributed by atoms with Crippen molar-refractivity contribution in [1.82, 2.24) is 9.55 Å². The minimum Gasteiger partial charge on any atom is -0.457 e. The Morgan fingerprint density at radius 1 is 1.24 bits per heavy atom. The summed E-state index contributed by atoms with van der Waals surface area (Å²) in [4.78, 5) is 28.0. The van der Waals surface area contributed by atoms with E-state index in [1.165, 1.54) is 6.08 Å². The van der Waals surface area contributed by atoms with Crippen molar-refractivity contribution in [1.29, 1.82) is 0 Å². The van der Waals surface area contributed by atoms with Crippen LogP contribution in [0.5, 0.6) is 0 Å². The van der Waals surface area contributed by atoms with Crippen molar-refractivity contribution in [3.8, 4) is 11.3 Å². The van der Waals surface area contributed by atoms with Gasteiger partial charge in [0, 0.05) is 37.0 Å². The molecule has 0 atom stereocenters. The van der Waals surface area contributed by atoms with E-state index in [-0.39, 0.29) is 13.3 Å². The minimum atomic E-state index is -1.22. The van der Waals surface area contributed by atoms with E-state index in [0.717, 1.165) is 21.6 Å². The summed E-state index contributed by atoms with van der Waals surface area (Å²) in [5.74, 6) is 0.0714. The molecule has 0 aliphatic rings. The molecule has 1 heterocycles. The summed E-state index contributed by atoms with van der Waals surface area (Å²) in [5.41, 5.74) is 6.78. The zero-order valence-electron chi connectivity index (χ0n) is 20.7. The fourth-order valence-corrected chi connectivity index (χ4v) is 4.02. The highest BCUT2D eigenvalue weighted by molar-refractivity contribution is 9.10. The molecule has 10 heteroatoms. The molecular weight excluding hydrogens is 518 g/mol. The number of rotatable bonds is 10. The number of hydrogen-bond acceptors (Lipinski definition) is 6. The van der Waals surface area contributed by atoms with Crippen LogP contribution < -0.4 is 5.73 Å². The molecule has 2 aromatic rings. The molecule has 8 nitrogen and oxygen atoms in total. The Morgan fingerprint density at radius 2 is 1.94 bits per heavy atom. The predicted octanol–water partition coefficient (Wildman–Crippen LogP) is 5.58. The molecule has 0 radical (unpaired) electrons. The van der Waals surface area contributed by atoms with Crippen molar-refractivity contribution in [3.63, 3.8) is 0 Å². The lowest BCUT2D eigenvalue weighted by molar-refractivity contribution is -0.148. The zero-order chi connectivity index (χ0) is 25.5. The second-order valence-corrected chi connectivity index (χ2v) is 16.6. The van der Waals surface area contributed by atoms with Crippen LogP contribution in [-0.2, 0) is 32.3 Å². The van der Waals surface area contributed by atoms with Gasteiger partial charge >= 0.3 is 12.1 Å². The van der Waals surface area contributed by atoms with Crippen molar-refractivity contribution in [2.45, 2.75) is 65.4 Å². The molecule has 0 bridgehead atoms. The molecule has 1 amide bonds. The van der Waals surface area contributed by atoms with E-state index >= 15 is 0 Å². The molecule has 0 aliphatic heterocycles. The van der Waals surface area contributed by atoms with Crippen LogP contribution in [0.2, 0.25) is 25.7 Å². The third kappa shape index (κ3) is 9.82.